The van der Waals surface area contributed by atoms with Crippen LogP contribution in [0.2, 0.25) is 0 Å². The molecule has 0 aliphatic heterocycles. The van der Waals surface area contributed by atoms with Gasteiger partial charge in [-0.1, -0.05) is 104 Å². The van der Waals surface area contributed by atoms with E-state index in [0.717, 1.165) is 11.8 Å². The molecular weight excluding hydrogens is 216 g/mol. The number of hydrogen-bond donors (Lipinski definition) is 0. The van der Waals surface area contributed by atoms with Gasteiger partial charge >= 0.3 is 0 Å². The Bertz CT molecular complexity index is 161. The molecule has 2 fully saturated rings. The fraction of sp³-hybridized carbons (Fsp3) is 1.00. The highest BCUT2D eigenvalue weighted by Gasteiger charge is 2.11. The standard InChI is InChI=1S/C10H20.C8H16/c1-2-3-7-10-8-5-4-6-9-10;1-2-8-6-4-3-5-7-8/h10H,2-9H2,1H3;8H,2-7H2,1H3. The van der Waals surface area contributed by atoms with Crippen molar-refractivity contribution < 1.29 is 0 Å². The normalized spacial score (nSPS) is 22.3. The van der Waals surface area contributed by atoms with Gasteiger partial charge in [0, 0.05) is 0 Å². The number of rotatable bonds is 4. The van der Waals surface area contributed by atoms with Gasteiger partial charge in [-0.25, -0.2) is 0 Å². The topological polar surface area (TPSA) is 0 Å². The zero-order valence-corrected chi connectivity index (χ0v) is 13.1. The van der Waals surface area contributed by atoms with Gasteiger partial charge in [0.1, 0.15) is 0 Å². The third kappa shape index (κ3) is 7.44. The smallest absolute Gasteiger partial charge is 0.0414 e. The van der Waals surface area contributed by atoms with E-state index < -0.39 is 0 Å². The van der Waals surface area contributed by atoms with Crippen molar-refractivity contribution in [3.8, 4) is 0 Å². The van der Waals surface area contributed by atoms with E-state index >= 15 is 0 Å². The average Bonchev–Trinajstić information content (AvgIpc) is 2.48. The second-order valence-electron chi connectivity index (χ2n) is 6.56. The third-order valence-corrected chi connectivity index (χ3v) is 4.99. The second kappa shape index (κ2) is 10.9. The van der Waals surface area contributed by atoms with Gasteiger partial charge in [-0.05, 0) is 11.8 Å². The summed E-state index contributed by atoms with van der Waals surface area (Å²) >= 11 is 0. The van der Waals surface area contributed by atoms with Crippen LogP contribution in [-0.4, -0.2) is 0 Å². The molecule has 2 aliphatic carbocycles. The van der Waals surface area contributed by atoms with E-state index in [4.69, 9.17) is 0 Å². The first-order chi connectivity index (χ1) is 8.86. The van der Waals surface area contributed by atoms with Gasteiger partial charge in [-0.2, -0.15) is 0 Å². The van der Waals surface area contributed by atoms with Crippen LogP contribution in [0.3, 0.4) is 0 Å². The first-order valence-electron chi connectivity index (χ1n) is 8.86. The van der Waals surface area contributed by atoms with Gasteiger partial charge in [0.05, 0.1) is 0 Å². The molecule has 0 spiro atoms. The largest absolute Gasteiger partial charge is 0.0654 e. The van der Waals surface area contributed by atoms with Crippen LogP contribution in [-0.2, 0) is 0 Å². The monoisotopic (exact) mass is 252 g/mol. The quantitative estimate of drug-likeness (QED) is 0.520. The summed E-state index contributed by atoms with van der Waals surface area (Å²) in [6.45, 7) is 4.61. The zero-order chi connectivity index (χ0) is 13.1. The molecule has 0 aromatic heterocycles. The van der Waals surface area contributed by atoms with Gasteiger partial charge in [0.15, 0.2) is 0 Å². The van der Waals surface area contributed by atoms with Gasteiger partial charge in [-0.15, -0.1) is 0 Å². The van der Waals surface area contributed by atoms with Crippen LogP contribution in [0.15, 0.2) is 0 Å². The molecule has 2 rings (SSSR count). The van der Waals surface area contributed by atoms with Crippen LogP contribution in [0.5, 0.6) is 0 Å². The van der Waals surface area contributed by atoms with Crippen LogP contribution < -0.4 is 0 Å². The van der Waals surface area contributed by atoms with Gasteiger partial charge in [0.2, 0.25) is 0 Å². The van der Waals surface area contributed by atoms with E-state index in [2.05, 4.69) is 13.8 Å². The maximum atomic E-state index is 2.32. The minimum atomic E-state index is 1.09. The summed E-state index contributed by atoms with van der Waals surface area (Å²) in [6, 6.07) is 0. The lowest BCUT2D eigenvalue weighted by Gasteiger charge is -2.20. The van der Waals surface area contributed by atoms with Crippen LogP contribution in [0, 0.1) is 11.8 Å². The van der Waals surface area contributed by atoms with E-state index in [0.29, 0.717) is 0 Å². The second-order valence-corrected chi connectivity index (χ2v) is 6.56. The van der Waals surface area contributed by atoms with Crippen LogP contribution in [0.4, 0.5) is 0 Å². The molecule has 0 atom stereocenters. The highest BCUT2D eigenvalue weighted by molar-refractivity contribution is 4.65. The molecule has 0 radical (unpaired) electrons. The molecule has 0 heteroatoms. The Kier molecular flexibility index (Phi) is 9.70. The highest BCUT2D eigenvalue weighted by atomic mass is 14.2. The molecule has 0 heterocycles. The summed E-state index contributed by atoms with van der Waals surface area (Å²) in [4.78, 5) is 0. The highest BCUT2D eigenvalue weighted by Crippen LogP contribution is 2.27. The number of hydrogen-bond acceptors (Lipinski definition) is 0. The van der Waals surface area contributed by atoms with Crippen molar-refractivity contribution in [2.24, 2.45) is 11.8 Å². The molecule has 18 heavy (non-hydrogen) atoms. The summed E-state index contributed by atoms with van der Waals surface area (Å²) in [7, 11) is 0. The van der Waals surface area contributed by atoms with E-state index in [1.165, 1.54) is 89.9 Å². The molecular formula is C18H36. The average molecular weight is 252 g/mol. The van der Waals surface area contributed by atoms with Crippen molar-refractivity contribution in [3.05, 3.63) is 0 Å². The predicted octanol–water partition coefficient (Wildman–Crippen LogP) is 6.73. The maximum Gasteiger partial charge on any atom is -0.0414 e. The zero-order valence-electron chi connectivity index (χ0n) is 13.1. The minimum absolute atomic E-state index is 1.09. The van der Waals surface area contributed by atoms with Crippen molar-refractivity contribution in [3.63, 3.8) is 0 Å². The summed E-state index contributed by atoms with van der Waals surface area (Å²) in [6.07, 6.45) is 20.9. The lowest BCUT2D eigenvalue weighted by molar-refractivity contribution is 0.331. The van der Waals surface area contributed by atoms with Crippen molar-refractivity contribution in [2.45, 2.75) is 104 Å². The van der Waals surface area contributed by atoms with Crippen molar-refractivity contribution in [1.29, 1.82) is 0 Å². The van der Waals surface area contributed by atoms with E-state index in [9.17, 15) is 0 Å². The Balaban J connectivity index is 0.000000184. The molecule has 0 unspecified atom stereocenters. The SMILES string of the molecule is CCC1CCCCC1.CCCCC1CCCCC1. The first-order valence-corrected chi connectivity index (χ1v) is 8.86. The molecule has 0 saturated heterocycles. The molecule has 0 aromatic carbocycles. The Morgan fingerprint density at radius 1 is 0.667 bits per heavy atom. The van der Waals surface area contributed by atoms with Crippen molar-refractivity contribution >= 4 is 0 Å². The molecule has 0 aromatic rings. The minimum Gasteiger partial charge on any atom is -0.0654 e. The molecule has 2 saturated carbocycles. The molecule has 108 valence electrons. The van der Waals surface area contributed by atoms with Gasteiger partial charge < -0.3 is 0 Å². The number of unbranched alkanes of at least 4 members (excludes halogenated alkanes) is 1. The maximum absolute atomic E-state index is 2.32. The Labute approximate surface area is 116 Å². The van der Waals surface area contributed by atoms with Crippen molar-refractivity contribution in [1.82, 2.24) is 0 Å². The van der Waals surface area contributed by atoms with Crippen LogP contribution in [0.25, 0.3) is 0 Å². The first kappa shape index (κ1) is 16.1. The Hall–Kier alpha value is 0. The van der Waals surface area contributed by atoms with E-state index in [1.54, 1.807) is 0 Å². The fourth-order valence-corrected chi connectivity index (χ4v) is 3.56. The lowest BCUT2D eigenvalue weighted by Crippen LogP contribution is -2.05. The Morgan fingerprint density at radius 3 is 1.56 bits per heavy atom. The van der Waals surface area contributed by atoms with E-state index in [-0.39, 0.29) is 0 Å². The molecule has 0 nitrogen and oxygen atoms in total. The lowest BCUT2D eigenvalue weighted by atomic mass is 9.86. The third-order valence-electron chi connectivity index (χ3n) is 4.99. The molecule has 2 aliphatic rings. The molecule has 0 amide bonds. The molecule has 0 bridgehead atoms. The summed E-state index contributed by atoms with van der Waals surface area (Å²) < 4.78 is 0. The summed E-state index contributed by atoms with van der Waals surface area (Å²) in [5.41, 5.74) is 0. The van der Waals surface area contributed by atoms with Crippen LogP contribution >= 0.6 is 0 Å². The summed E-state index contributed by atoms with van der Waals surface area (Å²) in [5, 5.41) is 0. The summed E-state index contributed by atoms with van der Waals surface area (Å²) in [5.74, 6) is 2.19. The van der Waals surface area contributed by atoms with Crippen molar-refractivity contribution in [2.75, 3.05) is 0 Å². The predicted molar refractivity (Wildman–Crippen MR) is 83.0 cm³/mol. The van der Waals surface area contributed by atoms with E-state index in [1.807, 2.05) is 0 Å². The van der Waals surface area contributed by atoms with Gasteiger partial charge in [-0.3, -0.25) is 0 Å². The van der Waals surface area contributed by atoms with Gasteiger partial charge in [0.25, 0.3) is 0 Å². The van der Waals surface area contributed by atoms with Crippen LogP contribution in [0.1, 0.15) is 104 Å². The fourth-order valence-electron chi connectivity index (χ4n) is 3.56. The molecule has 0 N–H and O–H groups in total. The Morgan fingerprint density at radius 2 is 1.17 bits per heavy atom.